The molecule has 1 saturated heterocycles. The van der Waals surface area contributed by atoms with Crippen molar-refractivity contribution in [3.8, 4) is 0 Å². The molecule has 0 bridgehead atoms. The smallest absolute Gasteiger partial charge is 0.0938 e. The zero-order valence-electron chi connectivity index (χ0n) is 9.69. The Labute approximate surface area is 100 Å². The van der Waals surface area contributed by atoms with E-state index < -0.39 is 0 Å². The van der Waals surface area contributed by atoms with E-state index in [1.165, 1.54) is 16.5 Å². The summed E-state index contributed by atoms with van der Waals surface area (Å²) >= 11 is 0. The molecule has 0 radical (unpaired) electrons. The van der Waals surface area contributed by atoms with Gasteiger partial charge in [0, 0.05) is 37.1 Å². The number of nitrogens with zero attached hydrogens (tertiary/aromatic N) is 2. The summed E-state index contributed by atoms with van der Waals surface area (Å²) in [6.45, 7) is 4.25. The molecule has 1 aromatic carbocycles. The van der Waals surface area contributed by atoms with Crippen molar-refractivity contribution in [1.82, 2.24) is 10.2 Å². The van der Waals surface area contributed by atoms with Crippen molar-refractivity contribution >= 4 is 5.57 Å². The summed E-state index contributed by atoms with van der Waals surface area (Å²) in [4.78, 5) is 7.29. The van der Waals surface area contributed by atoms with Crippen molar-refractivity contribution in [2.45, 2.75) is 6.04 Å². The number of nitrogens with one attached hydrogen (secondary N) is 1. The van der Waals surface area contributed by atoms with Gasteiger partial charge in [-0.2, -0.15) is 0 Å². The van der Waals surface area contributed by atoms with E-state index in [0.717, 1.165) is 31.5 Å². The Morgan fingerprint density at radius 2 is 2.24 bits per heavy atom. The number of hydrogen-bond acceptors (Lipinski definition) is 3. The third kappa shape index (κ3) is 1.35. The average molecular weight is 225 g/mol. The van der Waals surface area contributed by atoms with E-state index in [4.69, 9.17) is 4.99 Å². The summed E-state index contributed by atoms with van der Waals surface area (Å²) in [5, 5.41) is 5.93. The molecule has 3 heterocycles. The van der Waals surface area contributed by atoms with Crippen LogP contribution < -0.4 is 15.9 Å². The third-order valence-corrected chi connectivity index (χ3v) is 3.86. The van der Waals surface area contributed by atoms with Crippen LogP contribution in [0.5, 0.6) is 0 Å². The Bertz CT molecular complexity index is 615. The molecule has 1 unspecified atom stereocenters. The van der Waals surface area contributed by atoms with E-state index in [9.17, 15) is 0 Å². The summed E-state index contributed by atoms with van der Waals surface area (Å²) in [6.07, 6.45) is 2.34. The SMILES string of the molecule is C1=C2CNCCN2CC2N=c3ccccc3=C12. The molecule has 1 aromatic rings. The van der Waals surface area contributed by atoms with Gasteiger partial charge in [-0.1, -0.05) is 18.2 Å². The minimum absolute atomic E-state index is 0.356. The van der Waals surface area contributed by atoms with Gasteiger partial charge in [0.2, 0.25) is 0 Å². The van der Waals surface area contributed by atoms with Crippen LogP contribution in [-0.4, -0.2) is 37.1 Å². The van der Waals surface area contributed by atoms with Crippen molar-refractivity contribution < 1.29 is 0 Å². The summed E-state index contributed by atoms with van der Waals surface area (Å²) in [5.74, 6) is 0. The van der Waals surface area contributed by atoms with Crippen molar-refractivity contribution in [3.63, 3.8) is 0 Å². The third-order valence-electron chi connectivity index (χ3n) is 3.86. The van der Waals surface area contributed by atoms with Gasteiger partial charge in [-0.3, -0.25) is 4.99 Å². The maximum atomic E-state index is 4.82. The summed E-state index contributed by atoms with van der Waals surface area (Å²) in [7, 11) is 0. The molecule has 0 saturated carbocycles. The molecule has 1 fully saturated rings. The van der Waals surface area contributed by atoms with Crippen LogP contribution in [0.4, 0.5) is 0 Å². The second kappa shape index (κ2) is 3.44. The zero-order valence-corrected chi connectivity index (χ0v) is 9.69. The van der Waals surface area contributed by atoms with Crippen LogP contribution in [0.15, 0.2) is 41.0 Å². The lowest BCUT2D eigenvalue weighted by Crippen LogP contribution is -2.46. The van der Waals surface area contributed by atoms with Crippen LogP contribution in [0.25, 0.3) is 5.57 Å². The van der Waals surface area contributed by atoms with E-state index in [2.05, 4.69) is 40.6 Å². The predicted octanol–water partition coefficient (Wildman–Crippen LogP) is -0.358. The van der Waals surface area contributed by atoms with Gasteiger partial charge in [0.25, 0.3) is 0 Å². The van der Waals surface area contributed by atoms with Gasteiger partial charge in [0.1, 0.15) is 0 Å². The lowest BCUT2D eigenvalue weighted by atomic mass is 9.99. The van der Waals surface area contributed by atoms with Crippen LogP contribution in [0.1, 0.15) is 0 Å². The van der Waals surface area contributed by atoms with Crippen molar-refractivity contribution in [1.29, 1.82) is 0 Å². The van der Waals surface area contributed by atoms with Crippen LogP contribution >= 0.6 is 0 Å². The quantitative estimate of drug-likeness (QED) is 0.653. The minimum atomic E-state index is 0.356. The molecule has 4 rings (SSSR count). The maximum absolute atomic E-state index is 4.82. The normalized spacial score (nSPS) is 25.6. The highest BCUT2D eigenvalue weighted by Crippen LogP contribution is 2.24. The molecule has 0 aliphatic carbocycles. The van der Waals surface area contributed by atoms with Crippen LogP contribution in [0.3, 0.4) is 0 Å². The molecule has 3 heteroatoms. The Morgan fingerprint density at radius 3 is 3.24 bits per heavy atom. The molecule has 17 heavy (non-hydrogen) atoms. The zero-order chi connectivity index (χ0) is 11.2. The van der Waals surface area contributed by atoms with E-state index in [0.29, 0.717) is 6.04 Å². The lowest BCUT2D eigenvalue weighted by molar-refractivity contribution is 0.290. The summed E-state index contributed by atoms with van der Waals surface area (Å²) < 4.78 is 0. The summed E-state index contributed by atoms with van der Waals surface area (Å²) in [5.41, 5.74) is 2.84. The van der Waals surface area contributed by atoms with Gasteiger partial charge >= 0.3 is 0 Å². The van der Waals surface area contributed by atoms with Gasteiger partial charge in [0.15, 0.2) is 0 Å². The molecular weight excluding hydrogens is 210 g/mol. The Balaban J connectivity index is 1.91. The van der Waals surface area contributed by atoms with Crippen molar-refractivity contribution in [2.75, 3.05) is 26.2 Å². The fourth-order valence-electron chi connectivity index (χ4n) is 2.99. The van der Waals surface area contributed by atoms with Crippen LogP contribution in [0, 0.1) is 0 Å². The Hall–Kier alpha value is -1.61. The molecular formula is C14H15N3. The molecule has 1 atom stereocenters. The number of piperazine rings is 1. The van der Waals surface area contributed by atoms with Crippen LogP contribution in [-0.2, 0) is 0 Å². The van der Waals surface area contributed by atoms with Gasteiger partial charge < -0.3 is 10.2 Å². The maximum Gasteiger partial charge on any atom is 0.0938 e. The Kier molecular flexibility index (Phi) is 1.91. The standard InChI is InChI=1S/C14H15N3/c1-2-4-13-11(3-1)12-7-10-8-15-5-6-17(10)9-14(12)16-13/h1-4,7,14-15H,5-6,8-9H2. The number of fused-ring (bicyclic) bond motifs is 3. The first-order valence-electron chi connectivity index (χ1n) is 6.25. The molecule has 3 aliphatic heterocycles. The molecule has 3 aliphatic rings. The predicted molar refractivity (Wildman–Crippen MR) is 66.9 cm³/mol. The minimum Gasteiger partial charge on any atom is -0.370 e. The first-order chi connectivity index (χ1) is 8.42. The molecule has 0 aromatic heterocycles. The highest BCUT2D eigenvalue weighted by Gasteiger charge is 2.28. The topological polar surface area (TPSA) is 27.6 Å². The van der Waals surface area contributed by atoms with E-state index in [1.54, 1.807) is 0 Å². The van der Waals surface area contributed by atoms with Crippen molar-refractivity contribution in [3.05, 3.63) is 46.6 Å². The Morgan fingerprint density at radius 1 is 1.29 bits per heavy atom. The second-order valence-electron chi connectivity index (χ2n) is 4.88. The van der Waals surface area contributed by atoms with Crippen molar-refractivity contribution in [2.24, 2.45) is 4.99 Å². The van der Waals surface area contributed by atoms with E-state index in [-0.39, 0.29) is 0 Å². The fraction of sp³-hybridized carbons (Fsp3) is 0.357. The largest absolute Gasteiger partial charge is 0.370 e. The van der Waals surface area contributed by atoms with Gasteiger partial charge in [0.05, 0.1) is 11.4 Å². The number of rotatable bonds is 0. The molecule has 0 amide bonds. The number of benzene rings is 1. The highest BCUT2D eigenvalue weighted by molar-refractivity contribution is 5.66. The first-order valence-corrected chi connectivity index (χ1v) is 6.25. The monoisotopic (exact) mass is 225 g/mol. The number of hydrogen-bond donors (Lipinski definition) is 1. The molecule has 0 spiro atoms. The van der Waals surface area contributed by atoms with E-state index in [1.807, 2.05) is 0 Å². The summed E-state index contributed by atoms with van der Waals surface area (Å²) in [6, 6.07) is 8.85. The molecule has 3 nitrogen and oxygen atoms in total. The van der Waals surface area contributed by atoms with E-state index >= 15 is 0 Å². The lowest BCUT2D eigenvalue weighted by Gasteiger charge is -2.37. The second-order valence-corrected chi connectivity index (χ2v) is 4.88. The number of para-hydroxylation sites is 1. The van der Waals surface area contributed by atoms with Gasteiger partial charge in [-0.25, -0.2) is 0 Å². The first kappa shape index (κ1) is 9.42. The molecule has 1 N–H and O–H groups in total. The van der Waals surface area contributed by atoms with Gasteiger partial charge in [-0.15, -0.1) is 0 Å². The molecule has 86 valence electrons. The van der Waals surface area contributed by atoms with Crippen LogP contribution in [0.2, 0.25) is 0 Å². The highest BCUT2D eigenvalue weighted by atomic mass is 15.2. The van der Waals surface area contributed by atoms with Gasteiger partial charge in [-0.05, 0) is 17.7 Å². The fourth-order valence-corrected chi connectivity index (χ4v) is 2.99. The average Bonchev–Trinajstić information content (AvgIpc) is 2.73.